The molecule has 1 unspecified atom stereocenters. The average molecular weight is 345 g/mol. The van der Waals surface area contributed by atoms with Crippen LogP contribution in [0.2, 0.25) is 0 Å². The maximum atomic E-state index is 10.5. The van der Waals surface area contributed by atoms with Gasteiger partial charge in [-0.15, -0.1) is 0 Å². The summed E-state index contributed by atoms with van der Waals surface area (Å²) >= 11 is 3.45. The average Bonchev–Trinajstić information content (AvgIpc) is 2.88. The Balaban J connectivity index is 2.31. The summed E-state index contributed by atoms with van der Waals surface area (Å²) in [6.07, 6.45) is 0.130. The second-order valence-corrected chi connectivity index (χ2v) is 6.05. The van der Waals surface area contributed by atoms with E-state index in [9.17, 15) is 5.11 Å². The Morgan fingerprint density at radius 2 is 1.90 bits per heavy atom. The van der Waals surface area contributed by atoms with E-state index in [-0.39, 0.29) is 0 Å². The minimum Gasteiger partial charge on any atom is -0.387 e. The lowest BCUT2D eigenvalue weighted by Gasteiger charge is -2.12. The molecule has 1 atom stereocenters. The molecule has 0 saturated carbocycles. The maximum absolute atomic E-state index is 10.5. The van der Waals surface area contributed by atoms with Gasteiger partial charge in [-0.3, -0.25) is 4.40 Å². The molecule has 21 heavy (non-hydrogen) atoms. The number of benzene rings is 1. The SMILES string of the molecule is CCC(O)c1c(-c2ccc(Br)cc2)nc2cccc(C)n12. The van der Waals surface area contributed by atoms with Gasteiger partial charge in [-0.25, -0.2) is 4.98 Å². The van der Waals surface area contributed by atoms with Crippen molar-refractivity contribution in [2.24, 2.45) is 0 Å². The minimum atomic E-state index is -0.528. The Morgan fingerprint density at radius 3 is 2.57 bits per heavy atom. The van der Waals surface area contributed by atoms with E-state index in [2.05, 4.69) is 15.9 Å². The quantitative estimate of drug-likeness (QED) is 0.758. The van der Waals surface area contributed by atoms with Gasteiger partial charge < -0.3 is 5.11 Å². The summed E-state index contributed by atoms with van der Waals surface area (Å²) in [6.45, 7) is 4.01. The number of nitrogens with zero attached hydrogens (tertiary/aromatic N) is 2. The van der Waals surface area contributed by atoms with Crippen molar-refractivity contribution in [3.63, 3.8) is 0 Å². The molecular formula is C17H17BrN2O. The van der Waals surface area contributed by atoms with Crippen molar-refractivity contribution in [3.05, 3.63) is 58.3 Å². The number of aryl methyl sites for hydroxylation is 1. The van der Waals surface area contributed by atoms with Crippen molar-refractivity contribution >= 4 is 21.6 Å². The van der Waals surface area contributed by atoms with E-state index in [4.69, 9.17) is 4.98 Å². The number of aliphatic hydroxyl groups excluding tert-OH is 1. The van der Waals surface area contributed by atoms with Gasteiger partial charge in [0.15, 0.2) is 0 Å². The van der Waals surface area contributed by atoms with Crippen LogP contribution < -0.4 is 0 Å². The standard InChI is InChI=1S/C17H17BrN2O/c1-3-14(21)17-16(12-7-9-13(18)10-8-12)19-15-6-4-5-11(2)20(15)17/h4-10,14,21H,3H2,1-2H3. The Morgan fingerprint density at radius 1 is 1.19 bits per heavy atom. The zero-order valence-electron chi connectivity index (χ0n) is 12.0. The number of hydrogen-bond acceptors (Lipinski definition) is 2. The predicted molar refractivity (Wildman–Crippen MR) is 88.3 cm³/mol. The fraction of sp³-hybridized carbons (Fsp3) is 0.235. The van der Waals surface area contributed by atoms with Crippen molar-refractivity contribution in [1.29, 1.82) is 0 Å². The fourth-order valence-electron chi connectivity index (χ4n) is 2.60. The molecule has 0 aliphatic carbocycles. The van der Waals surface area contributed by atoms with Crippen LogP contribution >= 0.6 is 15.9 Å². The van der Waals surface area contributed by atoms with Crippen LogP contribution in [0.4, 0.5) is 0 Å². The van der Waals surface area contributed by atoms with Crippen LogP contribution in [0.3, 0.4) is 0 Å². The molecule has 0 aliphatic heterocycles. The summed E-state index contributed by atoms with van der Waals surface area (Å²) in [5.41, 5.74) is 4.68. The van der Waals surface area contributed by atoms with E-state index in [1.165, 1.54) is 0 Å². The number of pyridine rings is 1. The number of rotatable bonds is 3. The molecule has 3 aromatic rings. The molecular weight excluding hydrogens is 328 g/mol. The van der Waals surface area contributed by atoms with Crippen LogP contribution in [0, 0.1) is 6.92 Å². The van der Waals surface area contributed by atoms with Gasteiger partial charge in [0.1, 0.15) is 5.65 Å². The van der Waals surface area contributed by atoms with E-state index < -0.39 is 6.10 Å². The highest BCUT2D eigenvalue weighted by molar-refractivity contribution is 9.10. The van der Waals surface area contributed by atoms with Crippen molar-refractivity contribution in [3.8, 4) is 11.3 Å². The Kier molecular flexibility index (Phi) is 3.83. The third-order valence-electron chi connectivity index (χ3n) is 3.69. The zero-order chi connectivity index (χ0) is 15.0. The van der Waals surface area contributed by atoms with Crippen molar-refractivity contribution < 1.29 is 5.11 Å². The van der Waals surface area contributed by atoms with Crippen LogP contribution in [0.25, 0.3) is 16.9 Å². The molecule has 0 radical (unpaired) electrons. The molecule has 2 aromatic heterocycles. The lowest BCUT2D eigenvalue weighted by Crippen LogP contribution is -2.04. The molecule has 4 heteroatoms. The zero-order valence-corrected chi connectivity index (χ0v) is 13.6. The van der Waals surface area contributed by atoms with Crippen LogP contribution in [0.1, 0.15) is 30.8 Å². The molecule has 108 valence electrons. The molecule has 0 amide bonds. The summed E-state index contributed by atoms with van der Waals surface area (Å²) in [5, 5.41) is 10.5. The first-order chi connectivity index (χ1) is 10.1. The predicted octanol–water partition coefficient (Wildman–Crippen LogP) is 4.52. The fourth-order valence-corrected chi connectivity index (χ4v) is 2.87. The van der Waals surface area contributed by atoms with Gasteiger partial charge in [-0.1, -0.05) is 41.1 Å². The van der Waals surface area contributed by atoms with Crippen LogP contribution in [0.5, 0.6) is 0 Å². The molecule has 1 aromatic carbocycles. The second kappa shape index (κ2) is 5.62. The molecule has 0 spiro atoms. The molecule has 3 nitrogen and oxygen atoms in total. The Bertz CT molecular complexity index is 777. The lowest BCUT2D eigenvalue weighted by molar-refractivity contribution is 0.168. The molecule has 0 saturated heterocycles. The van der Waals surface area contributed by atoms with Gasteiger partial charge in [0, 0.05) is 15.7 Å². The van der Waals surface area contributed by atoms with Gasteiger partial charge in [0.25, 0.3) is 0 Å². The smallest absolute Gasteiger partial charge is 0.137 e. The normalized spacial score (nSPS) is 12.8. The number of aliphatic hydroxyl groups is 1. The first-order valence-corrected chi connectivity index (χ1v) is 7.83. The highest BCUT2D eigenvalue weighted by atomic mass is 79.9. The Labute approximate surface area is 132 Å². The highest BCUT2D eigenvalue weighted by Gasteiger charge is 2.20. The van der Waals surface area contributed by atoms with Crippen molar-refractivity contribution in [2.45, 2.75) is 26.4 Å². The van der Waals surface area contributed by atoms with E-state index >= 15 is 0 Å². The van der Waals surface area contributed by atoms with Gasteiger partial charge in [-0.2, -0.15) is 0 Å². The van der Waals surface area contributed by atoms with Crippen LogP contribution in [-0.4, -0.2) is 14.5 Å². The first-order valence-electron chi connectivity index (χ1n) is 7.03. The molecule has 1 N–H and O–H groups in total. The van der Waals surface area contributed by atoms with Gasteiger partial charge in [-0.05, 0) is 37.6 Å². The lowest BCUT2D eigenvalue weighted by atomic mass is 10.1. The van der Waals surface area contributed by atoms with Gasteiger partial charge in [0.05, 0.1) is 17.5 Å². The number of halogens is 1. The van der Waals surface area contributed by atoms with Gasteiger partial charge in [0.2, 0.25) is 0 Å². The van der Waals surface area contributed by atoms with E-state index in [0.717, 1.165) is 32.8 Å². The molecule has 3 rings (SSSR count). The third kappa shape index (κ3) is 2.49. The summed E-state index contributed by atoms with van der Waals surface area (Å²) in [7, 11) is 0. The number of imidazole rings is 1. The van der Waals surface area contributed by atoms with E-state index in [1.807, 2.05) is 60.7 Å². The second-order valence-electron chi connectivity index (χ2n) is 5.14. The van der Waals surface area contributed by atoms with Crippen LogP contribution in [-0.2, 0) is 0 Å². The molecule has 2 heterocycles. The number of hydrogen-bond donors (Lipinski definition) is 1. The van der Waals surface area contributed by atoms with Crippen molar-refractivity contribution in [2.75, 3.05) is 0 Å². The molecule has 0 bridgehead atoms. The topological polar surface area (TPSA) is 37.5 Å². The van der Waals surface area contributed by atoms with Crippen LogP contribution in [0.15, 0.2) is 46.9 Å². The summed E-state index contributed by atoms with van der Waals surface area (Å²) in [6, 6.07) is 14.0. The molecule has 0 fully saturated rings. The first kappa shape index (κ1) is 14.3. The number of fused-ring (bicyclic) bond motifs is 1. The summed E-state index contributed by atoms with van der Waals surface area (Å²) in [5.74, 6) is 0. The van der Waals surface area contributed by atoms with Crippen molar-refractivity contribution in [1.82, 2.24) is 9.38 Å². The van der Waals surface area contributed by atoms with Gasteiger partial charge >= 0.3 is 0 Å². The largest absolute Gasteiger partial charge is 0.387 e. The highest BCUT2D eigenvalue weighted by Crippen LogP contribution is 2.31. The summed E-state index contributed by atoms with van der Waals surface area (Å²) in [4.78, 5) is 4.73. The number of aromatic nitrogens is 2. The van der Waals surface area contributed by atoms with E-state index in [1.54, 1.807) is 0 Å². The summed E-state index contributed by atoms with van der Waals surface area (Å²) < 4.78 is 3.08. The van der Waals surface area contributed by atoms with E-state index in [0.29, 0.717) is 6.42 Å². The monoisotopic (exact) mass is 344 g/mol. The minimum absolute atomic E-state index is 0.528. The third-order valence-corrected chi connectivity index (χ3v) is 4.22. The Hall–Kier alpha value is -1.65. The molecule has 0 aliphatic rings. The maximum Gasteiger partial charge on any atom is 0.137 e.